The van der Waals surface area contributed by atoms with E-state index in [1.54, 1.807) is 79.6 Å². The summed E-state index contributed by atoms with van der Waals surface area (Å²) in [4.78, 5) is 25.2. The zero-order valence-corrected chi connectivity index (χ0v) is 14.8. The third-order valence-electron chi connectivity index (χ3n) is 4.59. The van der Waals surface area contributed by atoms with Gasteiger partial charge in [0.15, 0.2) is 0 Å². The summed E-state index contributed by atoms with van der Waals surface area (Å²) in [6.07, 6.45) is 11.2. The zero-order chi connectivity index (χ0) is 19.4. The second kappa shape index (κ2) is 7.50. The Morgan fingerprint density at radius 1 is 0.786 bits per heavy atom. The van der Waals surface area contributed by atoms with E-state index in [9.17, 15) is 9.90 Å². The fourth-order valence-corrected chi connectivity index (χ4v) is 3.32. The van der Waals surface area contributed by atoms with Crippen LogP contribution in [-0.4, -0.2) is 29.8 Å². The van der Waals surface area contributed by atoms with Gasteiger partial charge in [-0.1, -0.05) is 18.2 Å². The maximum atomic E-state index is 12.7. The van der Waals surface area contributed by atoms with E-state index in [1.807, 2.05) is 0 Å². The lowest BCUT2D eigenvalue weighted by Crippen LogP contribution is -2.43. The molecule has 0 amide bonds. The number of hydrogen-bond acceptors (Lipinski definition) is 6. The molecule has 0 radical (unpaired) electrons. The van der Waals surface area contributed by atoms with Crippen molar-refractivity contribution in [2.75, 3.05) is 0 Å². The highest BCUT2D eigenvalue weighted by Gasteiger charge is 2.44. The Morgan fingerprint density at radius 2 is 1.36 bits per heavy atom. The lowest BCUT2D eigenvalue weighted by molar-refractivity contribution is 0.0309. The molecule has 4 heterocycles. The molecule has 0 fully saturated rings. The molecule has 1 unspecified atom stereocenters. The van der Waals surface area contributed by atoms with Gasteiger partial charge in [0.05, 0.1) is 0 Å². The summed E-state index contributed by atoms with van der Waals surface area (Å²) < 4.78 is 1.26. The normalized spacial score (nSPS) is 12.5. The smallest absolute Gasteiger partial charge is 0.267 e. The molecule has 4 rings (SSSR count). The van der Waals surface area contributed by atoms with Crippen molar-refractivity contribution >= 4 is 0 Å². The molecule has 0 saturated heterocycles. The monoisotopic (exact) mass is 371 g/mol. The van der Waals surface area contributed by atoms with Gasteiger partial charge in [-0.15, -0.1) is 0 Å². The number of hydrogen-bond donors (Lipinski definition) is 1. The summed E-state index contributed by atoms with van der Waals surface area (Å²) >= 11 is 0. The second-order valence-corrected chi connectivity index (χ2v) is 6.25. The Hall–Kier alpha value is -3.71. The molecule has 4 aromatic heterocycles. The van der Waals surface area contributed by atoms with Crippen LogP contribution in [-0.2, 0) is 5.60 Å². The minimum absolute atomic E-state index is 0.345. The fourth-order valence-electron chi connectivity index (χ4n) is 3.32. The predicted molar refractivity (Wildman–Crippen MR) is 102 cm³/mol. The van der Waals surface area contributed by atoms with Crippen LogP contribution in [0, 0.1) is 0 Å². The fraction of sp³-hybridized carbons (Fsp3) is 0.0952. The van der Waals surface area contributed by atoms with Crippen LogP contribution in [0.15, 0.2) is 96.7 Å². The molecule has 0 aliphatic heterocycles. The molecule has 0 saturated carbocycles. The van der Waals surface area contributed by atoms with Crippen LogP contribution >= 0.6 is 0 Å². The Kier molecular flexibility index (Phi) is 4.74. The minimum Gasteiger partial charge on any atom is -0.378 e. The standard InChI is InChI=1S/C21H17N5O2/c27-19-8-4-12-25-26(19)20(16-5-1-9-22-13-16)21(28,17-6-2-10-23-14-17)18-7-3-11-24-15-18/h1-15,20,28H. The van der Waals surface area contributed by atoms with Gasteiger partial charge in [0.1, 0.15) is 11.6 Å². The summed E-state index contributed by atoms with van der Waals surface area (Å²) in [5.41, 5.74) is -0.367. The van der Waals surface area contributed by atoms with E-state index >= 15 is 0 Å². The molecule has 1 N–H and O–H groups in total. The van der Waals surface area contributed by atoms with E-state index in [0.717, 1.165) is 0 Å². The van der Waals surface area contributed by atoms with Gasteiger partial charge in [-0.2, -0.15) is 5.10 Å². The van der Waals surface area contributed by atoms with Crippen LogP contribution in [0.25, 0.3) is 0 Å². The first-order valence-electron chi connectivity index (χ1n) is 8.68. The Labute approximate surface area is 161 Å². The maximum Gasteiger partial charge on any atom is 0.267 e. The Bertz CT molecular complexity index is 1060. The first kappa shape index (κ1) is 17.7. The Morgan fingerprint density at radius 3 is 1.86 bits per heavy atom. The van der Waals surface area contributed by atoms with Gasteiger partial charge < -0.3 is 5.11 Å². The average molecular weight is 371 g/mol. The molecule has 0 aromatic carbocycles. The summed E-state index contributed by atoms with van der Waals surface area (Å²) in [7, 11) is 0. The van der Waals surface area contributed by atoms with Crippen LogP contribution in [0.3, 0.4) is 0 Å². The van der Waals surface area contributed by atoms with E-state index in [4.69, 9.17) is 0 Å². The molecule has 1 atom stereocenters. The van der Waals surface area contributed by atoms with Crippen LogP contribution < -0.4 is 5.56 Å². The van der Waals surface area contributed by atoms with Crippen molar-refractivity contribution < 1.29 is 5.11 Å². The lowest BCUT2D eigenvalue weighted by atomic mass is 9.79. The van der Waals surface area contributed by atoms with Crippen molar-refractivity contribution in [3.05, 3.63) is 119 Å². The lowest BCUT2D eigenvalue weighted by Gasteiger charge is -2.37. The van der Waals surface area contributed by atoms with Crippen LogP contribution in [0.2, 0.25) is 0 Å². The molecule has 0 spiro atoms. The summed E-state index contributed by atoms with van der Waals surface area (Å²) in [5.74, 6) is 0. The number of aromatic nitrogens is 5. The van der Waals surface area contributed by atoms with Crippen LogP contribution in [0.5, 0.6) is 0 Å². The molecular weight excluding hydrogens is 354 g/mol. The third-order valence-corrected chi connectivity index (χ3v) is 4.59. The molecule has 7 heteroatoms. The zero-order valence-electron chi connectivity index (χ0n) is 14.8. The Balaban J connectivity index is 2.06. The molecular formula is C21H17N5O2. The van der Waals surface area contributed by atoms with Crippen molar-refractivity contribution in [2.45, 2.75) is 11.6 Å². The van der Waals surface area contributed by atoms with Gasteiger partial charge in [-0.25, -0.2) is 4.68 Å². The summed E-state index contributed by atoms with van der Waals surface area (Å²) in [6.45, 7) is 0. The highest BCUT2D eigenvalue weighted by molar-refractivity contribution is 5.39. The van der Waals surface area contributed by atoms with Gasteiger partial charge in [0.25, 0.3) is 5.56 Å². The third kappa shape index (κ3) is 3.08. The van der Waals surface area contributed by atoms with Crippen LogP contribution in [0.4, 0.5) is 0 Å². The first-order valence-corrected chi connectivity index (χ1v) is 8.68. The van der Waals surface area contributed by atoms with Gasteiger partial charge in [-0.05, 0) is 29.8 Å². The van der Waals surface area contributed by atoms with Crippen molar-refractivity contribution in [1.82, 2.24) is 24.7 Å². The molecule has 7 nitrogen and oxygen atoms in total. The van der Waals surface area contributed by atoms with E-state index in [-0.39, 0.29) is 5.56 Å². The van der Waals surface area contributed by atoms with Crippen molar-refractivity contribution in [3.8, 4) is 0 Å². The topological polar surface area (TPSA) is 93.8 Å². The maximum absolute atomic E-state index is 12.7. The van der Waals surface area contributed by atoms with Gasteiger partial charge in [0, 0.05) is 60.6 Å². The van der Waals surface area contributed by atoms with E-state index in [1.165, 1.54) is 16.9 Å². The number of pyridine rings is 3. The van der Waals surface area contributed by atoms with E-state index in [0.29, 0.717) is 16.7 Å². The summed E-state index contributed by atoms with van der Waals surface area (Å²) in [6, 6.07) is 12.6. The molecule has 0 bridgehead atoms. The predicted octanol–water partition coefficient (Wildman–Crippen LogP) is 1.95. The second-order valence-electron chi connectivity index (χ2n) is 6.25. The van der Waals surface area contributed by atoms with E-state index < -0.39 is 11.6 Å². The van der Waals surface area contributed by atoms with Gasteiger partial charge >= 0.3 is 0 Å². The van der Waals surface area contributed by atoms with E-state index in [2.05, 4.69) is 20.1 Å². The number of rotatable bonds is 5. The number of nitrogens with zero attached hydrogens (tertiary/aromatic N) is 5. The van der Waals surface area contributed by atoms with Gasteiger partial charge in [0.2, 0.25) is 0 Å². The number of aliphatic hydroxyl groups is 1. The average Bonchev–Trinajstić information content (AvgIpc) is 2.77. The largest absolute Gasteiger partial charge is 0.378 e. The molecule has 0 aliphatic carbocycles. The molecule has 4 aromatic rings. The summed E-state index contributed by atoms with van der Waals surface area (Å²) in [5, 5.41) is 16.4. The molecule has 138 valence electrons. The quantitative estimate of drug-likeness (QED) is 0.576. The SMILES string of the molecule is O=c1cccnn1C(c1cccnc1)C(O)(c1cccnc1)c1cccnc1. The minimum atomic E-state index is -1.66. The van der Waals surface area contributed by atoms with Crippen molar-refractivity contribution in [2.24, 2.45) is 0 Å². The molecule has 0 aliphatic rings. The highest BCUT2D eigenvalue weighted by Crippen LogP contribution is 2.41. The van der Waals surface area contributed by atoms with Crippen molar-refractivity contribution in [3.63, 3.8) is 0 Å². The molecule has 28 heavy (non-hydrogen) atoms. The van der Waals surface area contributed by atoms with Crippen molar-refractivity contribution in [1.29, 1.82) is 0 Å². The van der Waals surface area contributed by atoms with Gasteiger partial charge in [-0.3, -0.25) is 19.7 Å². The van der Waals surface area contributed by atoms with Crippen LogP contribution in [0.1, 0.15) is 22.7 Å². The first-order chi connectivity index (χ1) is 13.7. The highest BCUT2D eigenvalue weighted by atomic mass is 16.3.